The van der Waals surface area contributed by atoms with Gasteiger partial charge in [-0.2, -0.15) is 0 Å². The highest BCUT2D eigenvalue weighted by Gasteiger charge is 2.25. The summed E-state index contributed by atoms with van der Waals surface area (Å²) >= 11 is 6.28. The smallest absolute Gasteiger partial charge is 0.227 e. The van der Waals surface area contributed by atoms with E-state index < -0.39 is 11.6 Å². The van der Waals surface area contributed by atoms with Crippen LogP contribution in [0.3, 0.4) is 0 Å². The summed E-state index contributed by atoms with van der Waals surface area (Å²) < 4.78 is 29.4. The van der Waals surface area contributed by atoms with Crippen LogP contribution in [0.5, 0.6) is 0 Å². The second-order valence-electron chi connectivity index (χ2n) is 8.24. The van der Waals surface area contributed by atoms with E-state index >= 15 is 0 Å². The summed E-state index contributed by atoms with van der Waals surface area (Å²) in [6, 6.07) is 16.9. The average molecular weight is 490 g/mol. The zero-order valence-corrected chi connectivity index (χ0v) is 19.5. The van der Waals surface area contributed by atoms with E-state index in [1.54, 1.807) is 24.4 Å². The van der Waals surface area contributed by atoms with Gasteiger partial charge in [0.25, 0.3) is 0 Å². The maximum Gasteiger partial charge on any atom is 0.227 e. The third-order valence-corrected chi connectivity index (χ3v) is 6.05. The van der Waals surface area contributed by atoms with Gasteiger partial charge in [0.2, 0.25) is 5.95 Å². The molecule has 176 valence electrons. The van der Waals surface area contributed by atoms with Crippen LogP contribution < -0.4 is 11.1 Å². The van der Waals surface area contributed by atoms with Crippen LogP contribution in [0.25, 0.3) is 11.3 Å². The molecule has 0 radical (unpaired) electrons. The van der Waals surface area contributed by atoms with Crippen molar-refractivity contribution in [1.82, 2.24) is 9.97 Å². The van der Waals surface area contributed by atoms with Gasteiger partial charge in [0.05, 0.1) is 23.5 Å². The molecular weight excluding hydrogens is 468 g/mol. The van der Waals surface area contributed by atoms with E-state index in [2.05, 4.69) is 21.4 Å². The molecule has 5 rings (SSSR count). The number of fused-ring (bicyclic) bond motifs is 3. The summed E-state index contributed by atoms with van der Waals surface area (Å²) in [4.78, 5) is 13.8. The molecule has 0 spiro atoms. The molecule has 4 aromatic rings. The molecule has 8 heteroatoms. The molecule has 0 aliphatic carbocycles. The number of nitrogens with one attached hydrogen (secondary N) is 1. The third kappa shape index (κ3) is 4.78. The number of aryl methyl sites for hydroxylation is 1. The Morgan fingerprint density at radius 3 is 2.57 bits per heavy atom. The average Bonchev–Trinajstić information content (AvgIpc) is 3.00. The van der Waals surface area contributed by atoms with Gasteiger partial charge in [-0.25, -0.2) is 18.7 Å². The normalized spacial score (nSPS) is 12.4. The maximum atomic E-state index is 14.7. The van der Waals surface area contributed by atoms with Crippen LogP contribution in [0.1, 0.15) is 28.7 Å². The van der Waals surface area contributed by atoms with Gasteiger partial charge in [-0.1, -0.05) is 35.9 Å². The zero-order valence-electron chi connectivity index (χ0n) is 18.7. The first-order chi connectivity index (χ1) is 17.0. The highest BCUT2D eigenvalue weighted by atomic mass is 35.5. The first kappa shape index (κ1) is 23.1. The molecule has 0 bridgehead atoms. The minimum Gasteiger partial charge on any atom is -0.330 e. The quantitative estimate of drug-likeness (QED) is 0.345. The van der Waals surface area contributed by atoms with Crippen molar-refractivity contribution in [3.8, 4) is 11.3 Å². The first-order valence-corrected chi connectivity index (χ1v) is 11.6. The van der Waals surface area contributed by atoms with Gasteiger partial charge >= 0.3 is 0 Å². The molecular formula is C27H22ClF2N5. The number of aromatic nitrogens is 2. The second kappa shape index (κ2) is 9.90. The Hall–Kier alpha value is -3.68. The van der Waals surface area contributed by atoms with Gasteiger partial charge in [-0.3, -0.25) is 4.99 Å². The fraction of sp³-hybridized carbons (Fsp3) is 0.148. The number of rotatable bonds is 6. The molecule has 0 amide bonds. The van der Waals surface area contributed by atoms with E-state index in [0.717, 1.165) is 24.1 Å². The molecule has 0 atom stereocenters. The Bertz CT molecular complexity index is 1420. The standard InChI is InChI=1S/C27H22ClF2N5/c28-18-9-10-20-21(13-18)26(24-22(29)7-2-8-23(24)30)32-14-17-15-33-27(35-25(17)20)34-19-6-1-4-16(12-19)5-3-11-31/h1-2,4,6-10,12-13,15H,3,5,11,14,31H2,(H,33,34,35). The van der Waals surface area contributed by atoms with Crippen LogP contribution >= 0.6 is 11.6 Å². The van der Waals surface area contributed by atoms with Crippen molar-refractivity contribution in [1.29, 1.82) is 0 Å². The van der Waals surface area contributed by atoms with E-state index in [9.17, 15) is 8.78 Å². The molecule has 1 aliphatic rings. The van der Waals surface area contributed by atoms with E-state index in [0.29, 0.717) is 34.3 Å². The Labute approximate surface area is 206 Å². The third-order valence-electron chi connectivity index (χ3n) is 5.82. The molecule has 0 saturated carbocycles. The first-order valence-electron chi connectivity index (χ1n) is 11.2. The molecule has 1 aromatic heterocycles. The van der Waals surface area contributed by atoms with Gasteiger partial charge in [0.15, 0.2) is 0 Å². The lowest BCUT2D eigenvalue weighted by atomic mass is 9.95. The van der Waals surface area contributed by atoms with Crippen molar-refractivity contribution in [2.75, 3.05) is 11.9 Å². The Balaban J connectivity index is 1.56. The largest absolute Gasteiger partial charge is 0.330 e. The number of hydrogen-bond donors (Lipinski definition) is 2. The van der Waals surface area contributed by atoms with Crippen molar-refractivity contribution in [3.05, 3.63) is 106 Å². The number of benzene rings is 3. The number of aliphatic imine (C=N–C) groups is 1. The highest BCUT2D eigenvalue weighted by Crippen LogP contribution is 2.34. The Morgan fingerprint density at radius 2 is 1.77 bits per heavy atom. The minimum absolute atomic E-state index is 0.166. The molecule has 0 saturated heterocycles. The number of hydrogen-bond acceptors (Lipinski definition) is 5. The van der Waals surface area contributed by atoms with Crippen molar-refractivity contribution in [3.63, 3.8) is 0 Å². The van der Waals surface area contributed by atoms with Crippen molar-refractivity contribution >= 4 is 28.9 Å². The summed E-state index contributed by atoms with van der Waals surface area (Å²) in [6.45, 7) is 0.801. The fourth-order valence-corrected chi connectivity index (χ4v) is 4.33. The van der Waals surface area contributed by atoms with Crippen molar-refractivity contribution < 1.29 is 8.78 Å². The molecule has 2 heterocycles. The van der Waals surface area contributed by atoms with Crippen LogP contribution in [0.15, 0.2) is 71.9 Å². The molecule has 5 nitrogen and oxygen atoms in total. The van der Waals surface area contributed by atoms with E-state index in [1.807, 2.05) is 18.2 Å². The fourth-order valence-electron chi connectivity index (χ4n) is 4.16. The monoisotopic (exact) mass is 489 g/mol. The number of nitrogens with two attached hydrogens (primary N) is 1. The minimum atomic E-state index is -0.691. The van der Waals surface area contributed by atoms with E-state index in [1.165, 1.54) is 23.8 Å². The summed E-state index contributed by atoms with van der Waals surface area (Å²) in [6.07, 6.45) is 3.48. The van der Waals surface area contributed by atoms with E-state index in [4.69, 9.17) is 22.3 Å². The SMILES string of the molecule is NCCCc1cccc(Nc2ncc3c(n2)-c2ccc(Cl)cc2C(c2c(F)cccc2F)=NC3)c1. The summed E-state index contributed by atoms with van der Waals surface area (Å²) in [5.74, 6) is -0.978. The number of nitrogens with zero attached hydrogens (tertiary/aromatic N) is 3. The van der Waals surface area contributed by atoms with Crippen LogP contribution in [-0.2, 0) is 13.0 Å². The maximum absolute atomic E-state index is 14.7. The molecule has 3 aromatic carbocycles. The van der Waals surface area contributed by atoms with Gasteiger partial charge in [0.1, 0.15) is 11.6 Å². The summed E-state index contributed by atoms with van der Waals surface area (Å²) in [7, 11) is 0. The predicted molar refractivity (Wildman–Crippen MR) is 135 cm³/mol. The predicted octanol–water partition coefficient (Wildman–Crippen LogP) is 6.06. The van der Waals surface area contributed by atoms with Crippen molar-refractivity contribution in [2.45, 2.75) is 19.4 Å². The van der Waals surface area contributed by atoms with Gasteiger partial charge in [0, 0.05) is 33.6 Å². The molecule has 3 N–H and O–H groups in total. The summed E-state index contributed by atoms with van der Waals surface area (Å²) in [5.41, 5.74) is 10.2. The van der Waals surface area contributed by atoms with Gasteiger partial charge < -0.3 is 11.1 Å². The van der Waals surface area contributed by atoms with Crippen LogP contribution in [0.4, 0.5) is 20.4 Å². The summed E-state index contributed by atoms with van der Waals surface area (Å²) in [5, 5.41) is 3.69. The lowest BCUT2D eigenvalue weighted by molar-refractivity contribution is 0.579. The van der Waals surface area contributed by atoms with Crippen LogP contribution in [0, 0.1) is 11.6 Å². The molecule has 35 heavy (non-hydrogen) atoms. The van der Waals surface area contributed by atoms with Crippen molar-refractivity contribution in [2.24, 2.45) is 10.7 Å². The molecule has 0 unspecified atom stereocenters. The lowest BCUT2D eigenvalue weighted by Crippen LogP contribution is -2.10. The van der Waals surface area contributed by atoms with Crippen LogP contribution in [-0.4, -0.2) is 22.2 Å². The second-order valence-corrected chi connectivity index (χ2v) is 8.67. The molecule has 1 aliphatic heterocycles. The highest BCUT2D eigenvalue weighted by molar-refractivity contribution is 6.31. The molecule has 0 fully saturated rings. The zero-order chi connectivity index (χ0) is 24.4. The topological polar surface area (TPSA) is 76.2 Å². The lowest BCUT2D eigenvalue weighted by Gasteiger charge is -2.13. The Morgan fingerprint density at radius 1 is 0.971 bits per heavy atom. The van der Waals surface area contributed by atoms with Crippen LogP contribution in [0.2, 0.25) is 5.02 Å². The van der Waals surface area contributed by atoms with Gasteiger partial charge in [-0.15, -0.1) is 0 Å². The van der Waals surface area contributed by atoms with E-state index in [-0.39, 0.29) is 17.8 Å². The number of halogens is 3. The van der Waals surface area contributed by atoms with Gasteiger partial charge in [-0.05, 0) is 61.3 Å². The number of anilines is 2. The Kier molecular flexibility index (Phi) is 6.53.